The number of benzene rings is 2. The van der Waals surface area contributed by atoms with Crippen LogP contribution in [0.1, 0.15) is 18.4 Å². The molecule has 1 aromatic heterocycles. The normalized spacial score (nSPS) is 17.6. The maximum absolute atomic E-state index is 12.5. The maximum Gasteiger partial charge on any atom is 0.321 e. The maximum atomic E-state index is 12.5. The minimum absolute atomic E-state index is 0.0266. The first-order valence-electron chi connectivity index (χ1n) is 11.2. The van der Waals surface area contributed by atoms with E-state index in [1.54, 1.807) is 12.4 Å². The van der Waals surface area contributed by atoms with E-state index in [4.69, 9.17) is 4.74 Å². The van der Waals surface area contributed by atoms with E-state index >= 15 is 0 Å². The third-order valence-corrected chi connectivity index (χ3v) is 6.45. The van der Waals surface area contributed by atoms with Crippen LogP contribution in [0.3, 0.4) is 0 Å². The van der Waals surface area contributed by atoms with Gasteiger partial charge in [-0.1, -0.05) is 30.3 Å². The molecule has 5 rings (SSSR count). The first-order chi connectivity index (χ1) is 15.7. The molecule has 0 unspecified atom stereocenters. The average Bonchev–Trinajstić information content (AvgIpc) is 2.80. The molecular formula is C26H28N4O2. The molecule has 0 atom stereocenters. The summed E-state index contributed by atoms with van der Waals surface area (Å²) in [4.78, 5) is 20.9. The first kappa shape index (κ1) is 20.5. The van der Waals surface area contributed by atoms with E-state index in [1.807, 2.05) is 53.4 Å². The van der Waals surface area contributed by atoms with E-state index in [2.05, 4.69) is 33.4 Å². The van der Waals surface area contributed by atoms with Gasteiger partial charge in [-0.05, 0) is 67.9 Å². The van der Waals surface area contributed by atoms with Gasteiger partial charge in [-0.15, -0.1) is 0 Å². The Balaban J connectivity index is 1.10. The Morgan fingerprint density at radius 2 is 1.75 bits per heavy atom. The fourth-order valence-electron chi connectivity index (χ4n) is 4.64. The van der Waals surface area contributed by atoms with Crippen molar-refractivity contribution in [2.24, 2.45) is 5.41 Å². The number of likely N-dealkylation sites (tertiary alicyclic amines) is 2. The zero-order valence-corrected chi connectivity index (χ0v) is 18.1. The quantitative estimate of drug-likeness (QED) is 0.621. The Morgan fingerprint density at radius 3 is 2.50 bits per heavy atom. The number of pyridine rings is 1. The minimum Gasteiger partial charge on any atom is -0.457 e. The van der Waals surface area contributed by atoms with Gasteiger partial charge in [0.15, 0.2) is 0 Å². The zero-order chi connectivity index (χ0) is 21.8. The number of hydrogen-bond donors (Lipinski definition) is 1. The number of amides is 2. The highest BCUT2D eigenvalue weighted by molar-refractivity contribution is 5.89. The van der Waals surface area contributed by atoms with Gasteiger partial charge in [0.2, 0.25) is 0 Å². The van der Waals surface area contributed by atoms with Crippen LogP contribution >= 0.6 is 0 Å². The van der Waals surface area contributed by atoms with Gasteiger partial charge in [0, 0.05) is 31.2 Å². The molecule has 0 radical (unpaired) electrons. The van der Waals surface area contributed by atoms with Crippen LogP contribution in [0.2, 0.25) is 0 Å². The van der Waals surface area contributed by atoms with Crippen molar-refractivity contribution in [1.29, 1.82) is 0 Å². The largest absolute Gasteiger partial charge is 0.457 e. The van der Waals surface area contributed by atoms with E-state index < -0.39 is 0 Å². The first-order valence-corrected chi connectivity index (χ1v) is 11.2. The molecular weight excluding hydrogens is 400 g/mol. The molecule has 32 heavy (non-hydrogen) atoms. The van der Waals surface area contributed by atoms with Gasteiger partial charge in [-0.2, -0.15) is 0 Å². The number of hydrogen-bond acceptors (Lipinski definition) is 4. The monoisotopic (exact) mass is 428 g/mol. The molecule has 2 amide bonds. The topological polar surface area (TPSA) is 57.7 Å². The fraction of sp³-hybridized carbons (Fsp3) is 0.308. The van der Waals surface area contributed by atoms with Crippen LogP contribution in [0.25, 0.3) is 0 Å². The summed E-state index contributed by atoms with van der Waals surface area (Å²) in [5.41, 5.74) is 2.29. The molecule has 6 nitrogen and oxygen atoms in total. The van der Waals surface area contributed by atoms with Gasteiger partial charge in [0.25, 0.3) is 0 Å². The van der Waals surface area contributed by atoms with E-state index in [0.29, 0.717) is 0 Å². The SMILES string of the molecule is O=C(Nc1cccnc1)N1CC2(CCN(Cc3cccc(Oc4ccccc4)c3)CC2)C1. The number of carbonyl (C=O) groups excluding carboxylic acids is 1. The molecule has 1 spiro atoms. The number of nitrogens with one attached hydrogen (secondary N) is 1. The van der Waals surface area contributed by atoms with Crippen LogP contribution < -0.4 is 10.1 Å². The summed E-state index contributed by atoms with van der Waals surface area (Å²) in [7, 11) is 0. The van der Waals surface area contributed by atoms with Crippen LogP contribution in [-0.2, 0) is 6.54 Å². The summed E-state index contributed by atoms with van der Waals surface area (Å²) in [6, 6.07) is 21.9. The molecule has 2 fully saturated rings. The van der Waals surface area contributed by atoms with E-state index in [0.717, 1.165) is 62.8 Å². The number of piperidine rings is 1. The van der Waals surface area contributed by atoms with Crippen molar-refractivity contribution in [2.75, 3.05) is 31.5 Å². The van der Waals surface area contributed by atoms with Crippen molar-refractivity contribution in [3.8, 4) is 11.5 Å². The summed E-state index contributed by atoms with van der Waals surface area (Å²) in [6.07, 6.45) is 5.63. The summed E-state index contributed by atoms with van der Waals surface area (Å²) < 4.78 is 5.98. The molecule has 0 saturated carbocycles. The number of anilines is 1. The fourth-order valence-corrected chi connectivity index (χ4v) is 4.64. The van der Waals surface area contributed by atoms with Crippen molar-refractivity contribution < 1.29 is 9.53 Å². The Bertz CT molecular complexity index is 1040. The number of carbonyl (C=O) groups is 1. The number of urea groups is 1. The smallest absolute Gasteiger partial charge is 0.321 e. The standard InChI is InChI=1S/C26H28N4O2/c31-25(28-22-7-5-13-27-17-22)30-19-26(20-30)11-14-29(15-12-26)18-21-6-4-10-24(16-21)32-23-8-2-1-3-9-23/h1-10,13,16-17H,11-12,14-15,18-20H2,(H,28,31). The predicted octanol–water partition coefficient (Wildman–Crippen LogP) is 5.00. The van der Waals surface area contributed by atoms with Crippen molar-refractivity contribution in [1.82, 2.24) is 14.8 Å². The van der Waals surface area contributed by atoms with Gasteiger partial charge >= 0.3 is 6.03 Å². The molecule has 3 heterocycles. The lowest BCUT2D eigenvalue weighted by molar-refractivity contribution is -0.0200. The van der Waals surface area contributed by atoms with Gasteiger partial charge < -0.3 is 15.0 Å². The Morgan fingerprint density at radius 1 is 0.969 bits per heavy atom. The van der Waals surface area contributed by atoms with Crippen LogP contribution in [-0.4, -0.2) is 47.0 Å². The third-order valence-electron chi connectivity index (χ3n) is 6.45. The second-order valence-electron chi connectivity index (χ2n) is 8.87. The van der Waals surface area contributed by atoms with Crippen molar-refractivity contribution >= 4 is 11.7 Å². The number of nitrogens with zero attached hydrogens (tertiary/aromatic N) is 3. The van der Waals surface area contributed by atoms with Crippen LogP contribution in [0.5, 0.6) is 11.5 Å². The second-order valence-corrected chi connectivity index (χ2v) is 8.87. The molecule has 2 aliphatic rings. The van der Waals surface area contributed by atoms with Crippen LogP contribution in [0.4, 0.5) is 10.5 Å². The molecule has 2 saturated heterocycles. The zero-order valence-electron chi connectivity index (χ0n) is 18.1. The second kappa shape index (κ2) is 9.01. The number of aromatic nitrogens is 1. The lowest BCUT2D eigenvalue weighted by Gasteiger charge is -2.53. The van der Waals surface area contributed by atoms with Crippen LogP contribution in [0, 0.1) is 5.41 Å². The lowest BCUT2D eigenvalue weighted by atomic mass is 9.72. The van der Waals surface area contributed by atoms with Gasteiger partial charge in [0.1, 0.15) is 11.5 Å². The Hall–Kier alpha value is -3.38. The molecule has 0 bridgehead atoms. The van der Waals surface area contributed by atoms with Crippen molar-refractivity contribution in [3.05, 3.63) is 84.7 Å². The number of ether oxygens (including phenoxy) is 1. The molecule has 2 aliphatic heterocycles. The molecule has 2 aromatic carbocycles. The van der Waals surface area contributed by atoms with Gasteiger partial charge in [0.05, 0.1) is 11.9 Å². The summed E-state index contributed by atoms with van der Waals surface area (Å²) in [5.74, 6) is 1.73. The predicted molar refractivity (Wildman–Crippen MR) is 125 cm³/mol. The van der Waals surface area contributed by atoms with Gasteiger partial charge in [-0.25, -0.2) is 4.79 Å². The summed E-state index contributed by atoms with van der Waals surface area (Å²) >= 11 is 0. The molecule has 3 aromatic rings. The van der Waals surface area contributed by atoms with Crippen LogP contribution in [0.15, 0.2) is 79.1 Å². The van der Waals surface area contributed by atoms with E-state index in [-0.39, 0.29) is 11.4 Å². The highest BCUT2D eigenvalue weighted by Gasteiger charge is 2.46. The lowest BCUT2D eigenvalue weighted by Crippen LogP contribution is -2.62. The molecule has 6 heteroatoms. The van der Waals surface area contributed by atoms with E-state index in [1.165, 1.54) is 5.56 Å². The Kier molecular flexibility index (Phi) is 5.77. The van der Waals surface area contributed by atoms with Crippen molar-refractivity contribution in [2.45, 2.75) is 19.4 Å². The Labute approximate surface area is 188 Å². The summed E-state index contributed by atoms with van der Waals surface area (Å²) in [5, 5.41) is 2.93. The molecule has 164 valence electrons. The van der Waals surface area contributed by atoms with Gasteiger partial charge in [-0.3, -0.25) is 9.88 Å². The molecule has 0 aliphatic carbocycles. The minimum atomic E-state index is -0.0266. The summed E-state index contributed by atoms with van der Waals surface area (Å²) in [6.45, 7) is 4.72. The highest BCUT2D eigenvalue weighted by atomic mass is 16.5. The highest BCUT2D eigenvalue weighted by Crippen LogP contribution is 2.41. The number of rotatable bonds is 5. The average molecular weight is 429 g/mol. The molecule has 1 N–H and O–H groups in total. The third kappa shape index (κ3) is 4.75. The van der Waals surface area contributed by atoms with E-state index in [9.17, 15) is 4.79 Å². The van der Waals surface area contributed by atoms with Crippen molar-refractivity contribution in [3.63, 3.8) is 0 Å². The number of para-hydroxylation sites is 1.